The normalized spacial score (nSPS) is 11.8. The van der Waals surface area contributed by atoms with Gasteiger partial charge in [0.05, 0.1) is 17.1 Å². The predicted octanol–water partition coefficient (Wildman–Crippen LogP) is 4.89. The molecule has 6 aromatic rings. The topological polar surface area (TPSA) is 99.3 Å². The summed E-state index contributed by atoms with van der Waals surface area (Å²) in [6, 6.07) is 7.35. The highest BCUT2D eigenvalue weighted by Crippen LogP contribution is 2.34. The van der Waals surface area contributed by atoms with Gasteiger partial charge in [-0.1, -0.05) is 0 Å². The molecule has 10 heteroatoms. The average Bonchev–Trinajstić information content (AvgIpc) is 3.55. The minimum Gasteiger partial charge on any atom is -0.335 e. The van der Waals surface area contributed by atoms with Gasteiger partial charge < -0.3 is 9.88 Å². The van der Waals surface area contributed by atoms with E-state index in [9.17, 15) is 4.39 Å². The Morgan fingerprint density at radius 2 is 1.85 bits per heavy atom. The minimum atomic E-state index is -0.245. The number of aromatic amines is 2. The number of rotatable bonds is 5. The molecule has 0 unspecified atom stereocenters. The van der Waals surface area contributed by atoms with E-state index in [2.05, 4.69) is 41.1 Å². The van der Waals surface area contributed by atoms with Crippen LogP contribution in [-0.4, -0.2) is 54.1 Å². The molecule has 0 saturated heterocycles. The molecule has 34 heavy (non-hydrogen) atoms. The molecule has 0 saturated carbocycles. The zero-order chi connectivity index (χ0) is 23.2. The van der Waals surface area contributed by atoms with E-state index in [0.29, 0.717) is 11.5 Å². The summed E-state index contributed by atoms with van der Waals surface area (Å²) in [7, 11) is 4.06. The van der Waals surface area contributed by atoms with Gasteiger partial charge in [0.2, 0.25) is 0 Å². The third-order valence-electron chi connectivity index (χ3n) is 5.51. The second-order valence-electron chi connectivity index (χ2n) is 8.29. The molecule has 8 nitrogen and oxygen atoms in total. The average molecular weight is 471 g/mol. The monoisotopic (exact) mass is 470 g/mol. The van der Waals surface area contributed by atoms with E-state index in [0.717, 1.165) is 67.1 Å². The molecule has 6 heterocycles. The lowest BCUT2D eigenvalue weighted by molar-refractivity contribution is 0.402. The Kier molecular flexibility index (Phi) is 4.89. The first-order valence-corrected chi connectivity index (χ1v) is 11.4. The maximum atomic E-state index is 13.6. The Hall–Kier alpha value is -4.02. The summed E-state index contributed by atoms with van der Waals surface area (Å²) in [6.45, 7) is 0.803. The van der Waals surface area contributed by atoms with Crippen LogP contribution in [0.1, 0.15) is 5.56 Å². The lowest BCUT2D eigenvalue weighted by Crippen LogP contribution is -2.10. The smallest absolute Gasteiger partial charge is 0.181 e. The molecule has 0 radical (unpaired) electrons. The molecular formula is C24H19FN8S. The fourth-order valence-corrected chi connectivity index (χ4v) is 4.77. The molecule has 0 aliphatic carbocycles. The molecule has 2 N–H and O–H groups in total. The fraction of sp³-hybridized carbons (Fsp3) is 0.125. The van der Waals surface area contributed by atoms with Crippen molar-refractivity contribution in [3.63, 3.8) is 0 Å². The summed E-state index contributed by atoms with van der Waals surface area (Å²) < 4.78 is 13.6. The number of fused-ring (bicyclic) bond motifs is 2. The fourth-order valence-electron chi connectivity index (χ4n) is 4.03. The van der Waals surface area contributed by atoms with E-state index in [1.165, 1.54) is 6.07 Å². The van der Waals surface area contributed by atoms with Crippen molar-refractivity contribution >= 4 is 33.4 Å². The van der Waals surface area contributed by atoms with Crippen molar-refractivity contribution in [3.8, 4) is 33.1 Å². The molecule has 0 amide bonds. The van der Waals surface area contributed by atoms with Crippen LogP contribution in [0.3, 0.4) is 0 Å². The van der Waals surface area contributed by atoms with Crippen LogP contribution in [0.25, 0.3) is 55.2 Å². The summed E-state index contributed by atoms with van der Waals surface area (Å²) in [4.78, 5) is 24.3. The van der Waals surface area contributed by atoms with Gasteiger partial charge in [0.1, 0.15) is 11.2 Å². The van der Waals surface area contributed by atoms with E-state index < -0.39 is 0 Å². The molecule has 0 bridgehead atoms. The van der Waals surface area contributed by atoms with Crippen molar-refractivity contribution in [2.45, 2.75) is 6.54 Å². The number of imidazole rings is 1. The van der Waals surface area contributed by atoms with Gasteiger partial charge in [0.25, 0.3) is 0 Å². The highest BCUT2D eigenvalue weighted by molar-refractivity contribution is 7.14. The van der Waals surface area contributed by atoms with Crippen LogP contribution in [0.15, 0.2) is 55.2 Å². The number of H-pyrrole nitrogens is 2. The molecule has 168 valence electrons. The molecule has 6 aromatic heterocycles. The maximum Gasteiger partial charge on any atom is 0.181 e. The van der Waals surface area contributed by atoms with E-state index in [4.69, 9.17) is 4.98 Å². The second-order valence-corrected chi connectivity index (χ2v) is 9.32. The number of nitrogens with one attached hydrogen (secondary N) is 2. The number of pyridine rings is 3. The van der Waals surface area contributed by atoms with Gasteiger partial charge in [-0.15, -0.1) is 11.3 Å². The molecule has 0 atom stereocenters. The van der Waals surface area contributed by atoms with Crippen molar-refractivity contribution in [3.05, 3.63) is 65.9 Å². The third-order valence-corrected chi connectivity index (χ3v) is 6.41. The highest BCUT2D eigenvalue weighted by Gasteiger charge is 2.17. The number of aromatic nitrogens is 7. The van der Waals surface area contributed by atoms with Crippen molar-refractivity contribution < 1.29 is 4.39 Å². The van der Waals surface area contributed by atoms with Crippen LogP contribution in [0.4, 0.5) is 4.39 Å². The van der Waals surface area contributed by atoms with E-state index in [1.807, 2.05) is 32.6 Å². The zero-order valence-electron chi connectivity index (χ0n) is 18.4. The minimum absolute atomic E-state index is 0.245. The van der Waals surface area contributed by atoms with Crippen LogP contribution in [-0.2, 0) is 6.54 Å². The van der Waals surface area contributed by atoms with E-state index >= 15 is 0 Å². The van der Waals surface area contributed by atoms with Crippen LogP contribution >= 0.6 is 11.3 Å². The van der Waals surface area contributed by atoms with Crippen LogP contribution in [0, 0.1) is 5.13 Å². The van der Waals surface area contributed by atoms with E-state index in [-0.39, 0.29) is 5.13 Å². The van der Waals surface area contributed by atoms with Gasteiger partial charge in [-0.25, -0.2) is 9.97 Å². The summed E-state index contributed by atoms with van der Waals surface area (Å²) >= 11 is 1.07. The van der Waals surface area contributed by atoms with Gasteiger partial charge in [0.15, 0.2) is 16.6 Å². The lowest BCUT2D eigenvalue weighted by Gasteiger charge is -2.10. The first-order valence-electron chi connectivity index (χ1n) is 10.6. The zero-order valence-corrected chi connectivity index (χ0v) is 19.2. The first-order chi connectivity index (χ1) is 16.5. The molecule has 0 spiro atoms. The molecule has 0 aromatic carbocycles. The highest BCUT2D eigenvalue weighted by atomic mass is 32.1. The summed E-state index contributed by atoms with van der Waals surface area (Å²) in [5.41, 5.74) is 6.62. The van der Waals surface area contributed by atoms with Gasteiger partial charge in [0, 0.05) is 52.9 Å². The Morgan fingerprint density at radius 3 is 2.68 bits per heavy atom. The Morgan fingerprint density at radius 1 is 1.00 bits per heavy atom. The molecule has 0 fully saturated rings. The Balaban J connectivity index is 1.45. The van der Waals surface area contributed by atoms with Crippen molar-refractivity contribution in [1.82, 2.24) is 40.0 Å². The third kappa shape index (κ3) is 3.62. The summed E-state index contributed by atoms with van der Waals surface area (Å²) in [5.74, 6) is 0.613. The second kappa shape index (κ2) is 8.08. The van der Waals surface area contributed by atoms with Gasteiger partial charge in [-0.2, -0.15) is 9.49 Å². The van der Waals surface area contributed by atoms with E-state index in [1.54, 1.807) is 24.7 Å². The van der Waals surface area contributed by atoms with Crippen LogP contribution < -0.4 is 0 Å². The number of thiophene rings is 1. The molecule has 0 aliphatic rings. The van der Waals surface area contributed by atoms with Gasteiger partial charge in [-0.3, -0.25) is 15.1 Å². The SMILES string of the molecule is CN(C)Cc1cncc(-c2cnc3n[nH]c(-c4nc5c(-c6ccc(F)s6)cncc5[nH]4)c3c2)c1. The van der Waals surface area contributed by atoms with Crippen LogP contribution in [0.2, 0.25) is 0 Å². The first kappa shape index (κ1) is 20.6. The number of hydrogen-bond acceptors (Lipinski definition) is 7. The largest absolute Gasteiger partial charge is 0.335 e. The number of nitrogens with zero attached hydrogens (tertiary/aromatic N) is 6. The van der Waals surface area contributed by atoms with Crippen molar-refractivity contribution in [2.75, 3.05) is 14.1 Å². The van der Waals surface area contributed by atoms with Gasteiger partial charge in [-0.05, 0) is 43.9 Å². The Bertz CT molecular complexity index is 1650. The van der Waals surface area contributed by atoms with Crippen molar-refractivity contribution in [2.24, 2.45) is 0 Å². The summed E-state index contributed by atoms with van der Waals surface area (Å²) in [5, 5.41) is 8.02. The predicted molar refractivity (Wildman–Crippen MR) is 131 cm³/mol. The van der Waals surface area contributed by atoms with Crippen LogP contribution in [0.5, 0.6) is 0 Å². The molecular weight excluding hydrogens is 451 g/mol. The number of hydrogen-bond donors (Lipinski definition) is 2. The molecule has 0 aliphatic heterocycles. The maximum absolute atomic E-state index is 13.6. The Labute approximate surface area is 197 Å². The van der Waals surface area contributed by atoms with Gasteiger partial charge >= 0.3 is 0 Å². The number of halogens is 1. The lowest BCUT2D eigenvalue weighted by atomic mass is 10.1. The summed E-state index contributed by atoms with van der Waals surface area (Å²) in [6.07, 6.45) is 8.93. The van der Waals surface area contributed by atoms with Crippen molar-refractivity contribution in [1.29, 1.82) is 0 Å². The molecule has 6 rings (SSSR count). The quantitative estimate of drug-likeness (QED) is 0.372. The standard InChI is InChI=1S/C24H19FN8S/c1-33(2)12-13-5-14(8-26-7-13)15-6-16-22(31-32-23(16)28-9-15)24-29-18-11-27-10-17(21(18)30-24)19-3-4-20(25)34-19/h3-11H,12H2,1-2H3,(H,29,30)(H,28,31,32).